The van der Waals surface area contributed by atoms with Crippen molar-refractivity contribution in [1.29, 1.82) is 0 Å². The van der Waals surface area contributed by atoms with Crippen molar-refractivity contribution >= 4 is 28.7 Å². The summed E-state index contributed by atoms with van der Waals surface area (Å²) in [4.78, 5) is 24.5. The van der Waals surface area contributed by atoms with Crippen LogP contribution in [0.15, 0.2) is 16.7 Å². The fourth-order valence-corrected chi connectivity index (χ4v) is 3.37. The van der Waals surface area contributed by atoms with Gasteiger partial charge < -0.3 is 9.84 Å². The van der Waals surface area contributed by atoms with Gasteiger partial charge in [-0.15, -0.1) is 0 Å². The number of urea groups is 1. The first-order valence-electron chi connectivity index (χ1n) is 8.04. The van der Waals surface area contributed by atoms with Crippen molar-refractivity contribution in [2.45, 2.75) is 25.2 Å². The maximum absolute atomic E-state index is 14.6. The second-order valence-corrected chi connectivity index (χ2v) is 6.16. The van der Waals surface area contributed by atoms with E-state index in [0.29, 0.717) is 16.5 Å². The zero-order valence-corrected chi connectivity index (χ0v) is 13.0. The predicted octanol–water partition coefficient (Wildman–Crippen LogP) is 1.88. The fraction of sp³-hybridized carbons (Fsp3) is 0.438. The lowest BCUT2D eigenvalue weighted by Gasteiger charge is -2.24. The molecule has 1 aromatic heterocycles. The monoisotopic (exact) mass is 332 g/mol. The number of carbonyl (C=O) groups is 2. The van der Waals surface area contributed by atoms with Gasteiger partial charge in [-0.25, -0.2) is 9.18 Å². The van der Waals surface area contributed by atoms with Crippen molar-refractivity contribution in [3.05, 3.63) is 23.5 Å². The van der Waals surface area contributed by atoms with Crippen LogP contribution in [0.1, 0.15) is 30.7 Å². The van der Waals surface area contributed by atoms with Crippen LogP contribution in [0.4, 0.5) is 15.0 Å². The molecule has 0 saturated carbocycles. The molecular weight excluding hydrogens is 315 g/mol. The third kappa shape index (κ3) is 2.52. The highest BCUT2D eigenvalue weighted by Crippen LogP contribution is 2.34. The van der Waals surface area contributed by atoms with Crippen molar-refractivity contribution < 1.29 is 18.5 Å². The van der Waals surface area contributed by atoms with E-state index >= 15 is 0 Å². The van der Waals surface area contributed by atoms with Gasteiger partial charge in [0.15, 0.2) is 11.4 Å². The van der Waals surface area contributed by atoms with E-state index < -0.39 is 6.03 Å². The fourth-order valence-electron chi connectivity index (χ4n) is 3.37. The molecule has 0 atom stereocenters. The summed E-state index contributed by atoms with van der Waals surface area (Å²) in [5, 5.41) is 9.85. The summed E-state index contributed by atoms with van der Waals surface area (Å²) in [5.74, 6) is -0.248. The predicted molar refractivity (Wildman–Crippen MR) is 84.3 cm³/mol. The molecule has 2 N–H and O–H groups in total. The van der Waals surface area contributed by atoms with Crippen molar-refractivity contribution in [1.82, 2.24) is 15.8 Å². The van der Waals surface area contributed by atoms with Gasteiger partial charge in [0, 0.05) is 13.0 Å². The van der Waals surface area contributed by atoms with E-state index in [1.807, 2.05) is 0 Å². The molecule has 4 rings (SSSR count). The van der Waals surface area contributed by atoms with Crippen molar-refractivity contribution in [2.24, 2.45) is 0 Å². The lowest BCUT2D eigenvalue weighted by Crippen LogP contribution is -2.49. The molecule has 2 saturated heterocycles. The van der Waals surface area contributed by atoms with E-state index in [1.165, 1.54) is 11.0 Å². The summed E-state index contributed by atoms with van der Waals surface area (Å²) in [6.07, 6.45) is 1.93. The van der Waals surface area contributed by atoms with Crippen LogP contribution in [0.2, 0.25) is 0 Å². The van der Waals surface area contributed by atoms with E-state index in [0.717, 1.165) is 25.9 Å². The number of amides is 3. The van der Waals surface area contributed by atoms with Gasteiger partial charge in [-0.1, -0.05) is 5.16 Å². The molecule has 3 amide bonds. The topological polar surface area (TPSA) is 87.5 Å². The van der Waals surface area contributed by atoms with Crippen molar-refractivity contribution in [3.63, 3.8) is 0 Å². The zero-order valence-electron chi connectivity index (χ0n) is 13.0. The molecule has 2 aliphatic heterocycles. The van der Waals surface area contributed by atoms with E-state index in [9.17, 15) is 14.0 Å². The van der Waals surface area contributed by atoms with Gasteiger partial charge in [-0.2, -0.15) is 0 Å². The Morgan fingerprint density at radius 3 is 2.79 bits per heavy atom. The van der Waals surface area contributed by atoms with Crippen molar-refractivity contribution in [2.75, 3.05) is 24.5 Å². The highest BCUT2D eigenvalue weighted by molar-refractivity contribution is 6.08. The molecule has 0 radical (unpaired) electrons. The quantitative estimate of drug-likeness (QED) is 0.877. The van der Waals surface area contributed by atoms with Crippen LogP contribution in [0.25, 0.3) is 11.0 Å². The summed E-state index contributed by atoms with van der Waals surface area (Å²) in [5.41, 5.74) is 1.08. The zero-order chi connectivity index (χ0) is 16.7. The number of nitrogens with zero attached hydrogens (tertiary/aromatic N) is 2. The molecule has 0 aliphatic carbocycles. The number of halogens is 1. The minimum absolute atomic E-state index is 0.153. The Hall–Kier alpha value is -2.48. The Morgan fingerprint density at radius 1 is 1.25 bits per heavy atom. The Kier molecular flexibility index (Phi) is 3.68. The van der Waals surface area contributed by atoms with Gasteiger partial charge in [0.05, 0.1) is 5.39 Å². The molecule has 8 heteroatoms. The molecule has 2 aromatic rings. The maximum atomic E-state index is 14.6. The molecule has 0 bridgehead atoms. The van der Waals surface area contributed by atoms with Crippen LogP contribution in [-0.4, -0.2) is 36.7 Å². The van der Waals surface area contributed by atoms with Crippen LogP contribution < -0.4 is 15.5 Å². The number of benzene rings is 1. The van der Waals surface area contributed by atoms with E-state index in [1.54, 1.807) is 6.07 Å². The first kappa shape index (κ1) is 15.1. The number of imide groups is 1. The number of fused-ring (bicyclic) bond motifs is 1. The Balaban J connectivity index is 1.71. The number of piperidine rings is 1. The lowest BCUT2D eigenvalue weighted by molar-refractivity contribution is -0.120. The van der Waals surface area contributed by atoms with Gasteiger partial charge >= 0.3 is 6.03 Å². The number of hydrogen-bond donors (Lipinski definition) is 2. The second-order valence-electron chi connectivity index (χ2n) is 6.16. The van der Waals surface area contributed by atoms with Crippen LogP contribution >= 0.6 is 0 Å². The van der Waals surface area contributed by atoms with E-state index in [4.69, 9.17) is 4.52 Å². The van der Waals surface area contributed by atoms with Gasteiger partial charge in [0.2, 0.25) is 5.91 Å². The Bertz CT molecular complexity index is 813. The molecule has 2 fully saturated rings. The van der Waals surface area contributed by atoms with Gasteiger partial charge in [0.1, 0.15) is 5.82 Å². The van der Waals surface area contributed by atoms with Gasteiger partial charge in [0.25, 0.3) is 0 Å². The Morgan fingerprint density at radius 2 is 2.04 bits per heavy atom. The summed E-state index contributed by atoms with van der Waals surface area (Å²) in [7, 11) is 0. The first-order chi connectivity index (χ1) is 11.6. The average molecular weight is 332 g/mol. The summed E-state index contributed by atoms with van der Waals surface area (Å²) >= 11 is 0. The summed E-state index contributed by atoms with van der Waals surface area (Å²) < 4.78 is 20.0. The number of anilines is 1. The molecule has 0 unspecified atom stereocenters. The van der Waals surface area contributed by atoms with E-state index in [-0.39, 0.29) is 36.4 Å². The molecular formula is C16H17FN4O3. The highest BCUT2D eigenvalue weighted by Gasteiger charge is 2.29. The normalized spacial score (nSPS) is 19.8. The number of nitrogens with one attached hydrogen (secondary N) is 2. The smallest absolute Gasteiger partial charge is 0.329 e. The number of carbonyl (C=O) groups excluding carboxylic acids is 2. The highest BCUT2D eigenvalue weighted by atomic mass is 19.1. The number of aromatic nitrogens is 1. The van der Waals surface area contributed by atoms with Crippen LogP contribution in [0, 0.1) is 5.82 Å². The SMILES string of the molecule is O=C1CCN(c2noc3cc(C4CCNCC4)c(F)cc23)C(=O)N1. The molecule has 0 spiro atoms. The molecule has 2 aliphatic rings. The third-order valence-corrected chi connectivity index (χ3v) is 4.66. The Labute approximate surface area is 137 Å². The number of rotatable bonds is 2. The van der Waals surface area contributed by atoms with Crippen molar-refractivity contribution in [3.8, 4) is 0 Å². The molecule has 7 nitrogen and oxygen atoms in total. The average Bonchev–Trinajstić information content (AvgIpc) is 2.97. The molecule has 1 aromatic carbocycles. The molecule has 3 heterocycles. The van der Waals surface area contributed by atoms with Crippen LogP contribution in [0.5, 0.6) is 0 Å². The van der Waals surface area contributed by atoms with Gasteiger partial charge in [-0.05, 0) is 49.5 Å². The maximum Gasteiger partial charge on any atom is 0.329 e. The summed E-state index contributed by atoms with van der Waals surface area (Å²) in [6, 6.07) is 2.50. The minimum Gasteiger partial charge on any atom is -0.354 e. The van der Waals surface area contributed by atoms with Crippen LogP contribution in [-0.2, 0) is 4.79 Å². The third-order valence-electron chi connectivity index (χ3n) is 4.66. The largest absolute Gasteiger partial charge is 0.354 e. The minimum atomic E-state index is -0.565. The second kappa shape index (κ2) is 5.86. The first-order valence-corrected chi connectivity index (χ1v) is 8.04. The number of hydrogen-bond acceptors (Lipinski definition) is 5. The standard InChI is InChI=1S/C16H17FN4O3/c17-12-7-11-13(8-10(12)9-1-4-18-5-2-9)24-20-15(11)21-6-3-14(22)19-16(21)23/h7-9,18H,1-6H2,(H,19,22,23). The van der Waals surface area contributed by atoms with Crippen LogP contribution in [0.3, 0.4) is 0 Å². The van der Waals surface area contributed by atoms with E-state index in [2.05, 4.69) is 15.8 Å². The lowest BCUT2D eigenvalue weighted by atomic mass is 9.89. The molecule has 24 heavy (non-hydrogen) atoms. The summed E-state index contributed by atoms with van der Waals surface area (Å²) in [6.45, 7) is 1.93. The molecule has 126 valence electrons. The van der Waals surface area contributed by atoms with Gasteiger partial charge in [-0.3, -0.25) is 15.0 Å².